The van der Waals surface area contributed by atoms with Crippen molar-refractivity contribution in [3.8, 4) is 0 Å². The van der Waals surface area contributed by atoms with Crippen molar-refractivity contribution in [2.45, 2.75) is 61.8 Å². The molecule has 0 radical (unpaired) electrons. The number of alkyl halides is 1. The summed E-state index contributed by atoms with van der Waals surface area (Å²) in [6, 6.07) is -0.964. The maximum absolute atomic E-state index is 16.1. The number of hydrogen-bond acceptors (Lipinski definition) is 16. The molecule has 6 heterocycles. The lowest BCUT2D eigenvalue weighted by molar-refractivity contribution is -0.0298. The van der Waals surface area contributed by atoms with Gasteiger partial charge in [0.1, 0.15) is 30.2 Å². The normalized spacial score (nSPS) is 37.7. The SMILES string of the molecule is Nc1nc2c(ncn2[C@@H]2C[C@@H]3OP(=O)(S)O[C@H]4[C@@H](F)[C@H](n5cnc6c(N)ncnc65)O[C@@H]4CCOP(=O)(S)O[C@@H]2[C@@H]3O)c(=O)[nH]1. The average molecular weight is 707 g/mol. The van der Waals surface area contributed by atoms with Gasteiger partial charge in [-0.2, -0.15) is 4.98 Å². The third kappa shape index (κ3) is 5.56. The number of rotatable bonds is 2. The van der Waals surface area contributed by atoms with Crippen LogP contribution in [0.15, 0.2) is 23.8 Å². The Kier molecular flexibility index (Phi) is 7.75. The standard InChI is InChI=1S/C21H25FN10O9P2S2/c22-10-15-8(38-20(10)32-6-27-11-16(23)25-4-26-17(11)32)1-2-37-42(35,44)40-14-7(3-9(13(14)33)39-43(36,45)41-15)31-5-28-12-18(31)29-21(24)30-19(12)34/h4-10,13-15,20,33H,1-3H2,(H,35,44)(H,36,45)(H2,23,25,26)(H3,24,29,30,34)/t7-,8-,9+,10-,13-,14+,15-,20-,42?,43?/m1/s1. The van der Waals surface area contributed by atoms with Crippen LogP contribution >= 0.6 is 38.1 Å². The number of ether oxygens (including phenoxy) is 1. The van der Waals surface area contributed by atoms with Crippen molar-refractivity contribution >= 4 is 72.2 Å². The number of nitrogens with one attached hydrogen (secondary N) is 1. The average Bonchev–Trinajstić information content (AvgIpc) is 3.71. The van der Waals surface area contributed by atoms with E-state index in [2.05, 4.69) is 54.4 Å². The van der Waals surface area contributed by atoms with Crippen LogP contribution in [0.25, 0.3) is 22.3 Å². The van der Waals surface area contributed by atoms with Crippen molar-refractivity contribution in [3.05, 3.63) is 29.3 Å². The Morgan fingerprint density at radius 1 is 0.978 bits per heavy atom. The van der Waals surface area contributed by atoms with Gasteiger partial charge in [0.05, 0.1) is 37.5 Å². The van der Waals surface area contributed by atoms with Crippen LogP contribution in [-0.4, -0.2) is 87.4 Å². The Bertz CT molecular complexity index is 1950. The first-order valence-electron chi connectivity index (χ1n) is 13.3. The highest BCUT2D eigenvalue weighted by Gasteiger charge is 2.54. The van der Waals surface area contributed by atoms with E-state index in [0.717, 1.165) is 0 Å². The number of aliphatic hydroxyl groups excluding tert-OH is 1. The quantitative estimate of drug-likeness (QED) is 0.127. The predicted octanol–water partition coefficient (Wildman–Crippen LogP) is 1.32. The van der Waals surface area contributed by atoms with E-state index in [1.165, 1.54) is 28.1 Å². The van der Waals surface area contributed by atoms with Crippen LogP contribution in [0.1, 0.15) is 25.1 Å². The largest absolute Gasteiger partial charge is 0.388 e. The third-order valence-corrected chi connectivity index (χ3v) is 11.0. The summed E-state index contributed by atoms with van der Waals surface area (Å²) in [7, 11) is 0. The highest BCUT2D eigenvalue weighted by molar-refractivity contribution is 8.44. The Morgan fingerprint density at radius 3 is 2.51 bits per heavy atom. The van der Waals surface area contributed by atoms with E-state index in [9.17, 15) is 19.0 Å². The number of aromatic amines is 1. The van der Waals surface area contributed by atoms with Crippen LogP contribution in [-0.2, 0) is 32.0 Å². The van der Waals surface area contributed by atoms with E-state index in [4.69, 9.17) is 34.3 Å². The molecule has 6 N–H and O–H groups in total. The molecule has 0 aromatic carbocycles. The van der Waals surface area contributed by atoms with Crippen molar-refractivity contribution in [3.63, 3.8) is 0 Å². The van der Waals surface area contributed by atoms with Gasteiger partial charge in [0.25, 0.3) is 5.56 Å². The number of nitrogens with two attached hydrogens (primary N) is 2. The molecule has 2 aliphatic heterocycles. The number of fused-ring (bicyclic) bond motifs is 5. The molecule has 4 aromatic heterocycles. The highest BCUT2D eigenvalue weighted by Crippen LogP contribution is 2.62. The molecule has 2 unspecified atom stereocenters. The van der Waals surface area contributed by atoms with Crippen molar-refractivity contribution in [2.24, 2.45) is 0 Å². The molecule has 7 rings (SSSR count). The molecule has 3 aliphatic rings. The van der Waals surface area contributed by atoms with Crippen LogP contribution in [0.2, 0.25) is 0 Å². The molecule has 1 aliphatic carbocycles. The number of H-pyrrole nitrogens is 1. The van der Waals surface area contributed by atoms with E-state index in [1.807, 2.05) is 0 Å². The lowest BCUT2D eigenvalue weighted by atomic mass is 10.1. The van der Waals surface area contributed by atoms with Gasteiger partial charge >= 0.3 is 13.6 Å². The zero-order valence-corrected chi connectivity index (χ0v) is 26.2. The minimum absolute atomic E-state index is 0.0281. The minimum atomic E-state index is -4.46. The fourth-order valence-electron chi connectivity index (χ4n) is 5.80. The summed E-state index contributed by atoms with van der Waals surface area (Å²) in [4.78, 5) is 35.0. The molecule has 24 heteroatoms. The van der Waals surface area contributed by atoms with Crippen molar-refractivity contribution in [1.82, 2.24) is 39.0 Å². The maximum atomic E-state index is 16.1. The van der Waals surface area contributed by atoms with Crippen molar-refractivity contribution in [2.75, 3.05) is 18.1 Å². The van der Waals surface area contributed by atoms with E-state index in [1.54, 1.807) is 0 Å². The van der Waals surface area contributed by atoms with Crippen LogP contribution in [0.4, 0.5) is 16.2 Å². The molecule has 0 spiro atoms. The van der Waals surface area contributed by atoms with Gasteiger partial charge in [0.15, 0.2) is 35.0 Å². The number of aliphatic hydroxyl groups is 1. The summed E-state index contributed by atoms with van der Waals surface area (Å²) in [5, 5.41) is 11.3. The molecule has 4 aromatic rings. The zero-order chi connectivity index (χ0) is 31.8. The molecular weight excluding hydrogens is 681 g/mol. The summed E-state index contributed by atoms with van der Waals surface area (Å²) >= 11 is 8.17. The number of anilines is 2. The van der Waals surface area contributed by atoms with E-state index in [-0.39, 0.29) is 53.5 Å². The number of aromatic nitrogens is 8. The van der Waals surface area contributed by atoms with Gasteiger partial charge in [0, 0.05) is 12.8 Å². The smallest absolute Gasteiger partial charge is 0.386 e. The summed E-state index contributed by atoms with van der Waals surface area (Å²) in [6.07, 6.45) is -6.94. The predicted molar refractivity (Wildman–Crippen MR) is 159 cm³/mol. The minimum Gasteiger partial charge on any atom is -0.388 e. The molecule has 2 saturated heterocycles. The van der Waals surface area contributed by atoms with Crippen molar-refractivity contribution < 1.29 is 41.5 Å². The summed E-state index contributed by atoms with van der Waals surface area (Å²) in [5.41, 5.74) is 11.3. The van der Waals surface area contributed by atoms with E-state index in [0.29, 0.717) is 0 Å². The van der Waals surface area contributed by atoms with Crippen LogP contribution in [0.5, 0.6) is 0 Å². The molecule has 45 heavy (non-hydrogen) atoms. The Hall–Kier alpha value is -2.65. The van der Waals surface area contributed by atoms with Gasteiger partial charge in [-0.05, 0) is 0 Å². The summed E-state index contributed by atoms with van der Waals surface area (Å²) < 4.78 is 74.2. The van der Waals surface area contributed by atoms with Gasteiger partial charge in [-0.25, -0.2) is 33.5 Å². The molecule has 0 amide bonds. The van der Waals surface area contributed by atoms with Crippen molar-refractivity contribution in [1.29, 1.82) is 0 Å². The van der Waals surface area contributed by atoms with Crippen LogP contribution in [0, 0.1) is 0 Å². The van der Waals surface area contributed by atoms with Gasteiger partial charge in [-0.15, -0.1) is 0 Å². The van der Waals surface area contributed by atoms with Gasteiger partial charge in [0.2, 0.25) is 5.95 Å². The van der Waals surface area contributed by atoms with E-state index < -0.39 is 68.1 Å². The number of nitrogen functional groups attached to an aromatic ring is 2. The van der Waals surface area contributed by atoms with Gasteiger partial charge < -0.3 is 30.4 Å². The maximum Gasteiger partial charge on any atom is 0.386 e. The molecule has 3 fully saturated rings. The lowest BCUT2D eigenvalue weighted by Gasteiger charge is -2.26. The summed E-state index contributed by atoms with van der Waals surface area (Å²) in [6.45, 7) is -9.04. The molecule has 10 atom stereocenters. The first kappa shape index (κ1) is 31.0. The van der Waals surface area contributed by atoms with E-state index >= 15 is 4.39 Å². The second-order valence-corrected chi connectivity index (χ2v) is 16.2. The molecule has 242 valence electrons. The summed E-state index contributed by atoms with van der Waals surface area (Å²) in [5.74, 6) is -0.137. The lowest BCUT2D eigenvalue weighted by Crippen LogP contribution is -2.34. The fraction of sp³-hybridized carbons (Fsp3) is 0.524. The first-order valence-corrected chi connectivity index (χ1v) is 18.7. The number of nitrogens with zero attached hydrogens (tertiary/aromatic N) is 7. The van der Waals surface area contributed by atoms with Crippen LogP contribution in [0.3, 0.4) is 0 Å². The van der Waals surface area contributed by atoms with Gasteiger partial charge in [-0.3, -0.25) is 27.9 Å². The second-order valence-electron chi connectivity index (χ2n) is 10.5. The Balaban J connectivity index is 1.21. The molecule has 19 nitrogen and oxygen atoms in total. The molecule has 2 bridgehead atoms. The molecule has 1 saturated carbocycles. The topological polar surface area (TPSA) is 260 Å². The number of hydrogen-bond donors (Lipinski definition) is 6. The Morgan fingerprint density at radius 2 is 1.71 bits per heavy atom. The monoisotopic (exact) mass is 706 g/mol. The zero-order valence-electron chi connectivity index (χ0n) is 22.6. The fourth-order valence-corrected chi connectivity index (χ4v) is 9.19. The first-order chi connectivity index (χ1) is 21.3. The highest BCUT2D eigenvalue weighted by atomic mass is 32.7. The second kappa shape index (κ2) is 11.3. The number of imidazole rings is 2. The number of halogens is 1. The molecular formula is C21H25FN10O9P2S2. The van der Waals surface area contributed by atoms with Crippen LogP contribution < -0.4 is 17.0 Å². The number of thiol groups is 2. The Labute approximate surface area is 261 Å². The third-order valence-electron chi connectivity index (χ3n) is 7.74. The van der Waals surface area contributed by atoms with Gasteiger partial charge in [-0.1, -0.05) is 24.5 Å².